The quantitative estimate of drug-likeness (QED) is 0.610. The zero-order valence-electron chi connectivity index (χ0n) is 5.23. The monoisotopic (exact) mass is 162 g/mol. The van der Waals surface area contributed by atoms with Crippen LogP contribution < -0.4 is 5.14 Å². The molecular formula is C4H6N2O3S. The first-order valence-electron chi connectivity index (χ1n) is 2.46. The predicted molar refractivity (Wildman–Crippen MR) is 32.6 cm³/mol. The van der Waals surface area contributed by atoms with E-state index in [1.807, 2.05) is 0 Å². The highest BCUT2D eigenvalue weighted by atomic mass is 32.2. The minimum atomic E-state index is -3.69. The summed E-state index contributed by atoms with van der Waals surface area (Å²) in [5, 5.41) is 7.69. The van der Waals surface area contributed by atoms with Gasteiger partial charge in [-0.1, -0.05) is 5.16 Å². The fourth-order valence-electron chi connectivity index (χ4n) is 0.478. The van der Waals surface area contributed by atoms with Crippen LogP contribution in [0.4, 0.5) is 0 Å². The second kappa shape index (κ2) is 2.06. The number of nitrogens with two attached hydrogens (primary N) is 1. The van der Waals surface area contributed by atoms with Gasteiger partial charge in [0.1, 0.15) is 5.76 Å². The Hall–Kier alpha value is -0.880. The van der Waals surface area contributed by atoms with E-state index < -0.39 is 10.0 Å². The highest BCUT2D eigenvalue weighted by Crippen LogP contribution is 2.05. The van der Waals surface area contributed by atoms with Crippen molar-refractivity contribution in [1.82, 2.24) is 5.16 Å². The lowest BCUT2D eigenvalue weighted by Gasteiger charge is -1.83. The Balaban J connectivity index is 3.21. The van der Waals surface area contributed by atoms with Gasteiger partial charge in [-0.05, 0) is 6.92 Å². The van der Waals surface area contributed by atoms with E-state index in [2.05, 4.69) is 9.68 Å². The summed E-state index contributed by atoms with van der Waals surface area (Å²) in [7, 11) is -3.69. The Bertz CT molecular complexity index is 326. The highest BCUT2D eigenvalue weighted by molar-refractivity contribution is 7.89. The van der Waals surface area contributed by atoms with Crippen LogP contribution in [0.3, 0.4) is 0 Å². The molecule has 0 saturated heterocycles. The Labute approximate surface area is 57.9 Å². The van der Waals surface area contributed by atoms with E-state index in [-0.39, 0.29) is 5.03 Å². The third-order valence-corrected chi connectivity index (χ3v) is 1.67. The number of aromatic nitrogens is 1. The first kappa shape index (κ1) is 7.23. The van der Waals surface area contributed by atoms with Crippen molar-refractivity contribution in [3.63, 3.8) is 0 Å². The summed E-state index contributed by atoms with van der Waals surface area (Å²) in [6.45, 7) is 1.58. The molecule has 0 amide bonds. The first-order valence-corrected chi connectivity index (χ1v) is 4.01. The van der Waals surface area contributed by atoms with Crippen molar-refractivity contribution in [2.75, 3.05) is 0 Å². The molecule has 1 aromatic heterocycles. The number of primary sulfonamides is 1. The third-order valence-electron chi connectivity index (χ3n) is 0.898. The Morgan fingerprint density at radius 2 is 2.30 bits per heavy atom. The van der Waals surface area contributed by atoms with Crippen molar-refractivity contribution < 1.29 is 12.9 Å². The summed E-state index contributed by atoms with van der Waals surface area (Å²) in [5.41, 5.74) is 0. The van der Waals surface area contributed by atoms with Crippen molar-refractivity contribution in [2.24, 2.45) is 5.14 Å². The van der Waals surface area contributed by atoms with E-state index in [0.29, 0.717) is 5.76 Å². The normalized spacial score (nSPS) is 11.8. The summed E-state index contributed by atoms with van der Waals surface area (Å²) in [6, 6.07) is 1.26. The number of sulfonamides is 1. The molecule has 56 valence electrons. The standard InChI is InChI=1S/C4H6N2O3S/c1-3-2-4(6-9-3)10(5,7)8/h2H,1H3,(H2,5,7,8). The van der Waals surface area contributed by atoms with E-state index in [4.69, 9.17) is 5.14 Å². The van der Waals surface area contributed by atoms with E-state index in [0.717, 1.165) is 0 Å². The van der Waals surface area contributed by atoms with Crippen molar-refractivity contribution in [2.45, 2.75) is 11.9 Å². The fourth-order valence-corrected chi connectivity index (χ4v) is 0.949. The van der Waals surface area contributed by atoms with Gasteiger partial charge in [0.05, 0.1) is 0 Å². The van der Waals surface area contributed by atoms with Crippen LogP contribution in [-0.4, -0.2) is 13.6 Å². The molecule has 0 bridgehead atoms. The lowest BCUT2D eigenvalue weighted by Crippen LogP contribution is -2.12. The maximum atomic E-state index is 10.5. The van der Waals surface area contributed by atoms with Crippen LogP contribution >= 0.6 is 0 Å². The second-order valence-corrected chi connectivity index (χ2v) is 3.33. The summed E-state index contributed by atoms with van der Waals surface area (Å²) < 4.78 is 25.5. The largest absolute Gasteiger partial charge is 0.360 e. The van der Waals surface area contributed by atoms with E-state index in [1.165, 1.54) is 6.07 Å². The zero-order chi connectivity index (χ0) is 7.78. The van der Waals surface area contributed by atoms with E-state index in [1.54, 1.807) is 6.92 Å². The molecule has 1 heterocycles. The van der Waals surface area contributed by atoms with Gasteiger partial charge in [-0.15, -0.1) is 0 Å². The minimum Gasteiger partial charge on any atom is -0.360 e. The molecule has 0 unspecified atom stereocenters. The van der Waals surface area contributed by atoms with E-state index in [9.17, 15) is 8.42 Å². The molecule has 0 aliphatic carbocycles. The van der Waals surface area contributed by atoms with Crippen LogP contribution in [0.5, 0.6) is 0 Å². The smallest absolute Gasteiger partial charge is 0.259 e. The highest BCUT2D eigenvalue weighted by Gasteiger charge is 2.11. The molecule has 0 fully saturated rings. The van der Waals surface area contributed by atoms with Gasteiger partial charge in [0, 0.05) is 6.07 Å². The number of rotatable bonds is 1. The fraction of sp³-hybridized carbons (Fsp3) is 0.250. The molecule has 0 aliphatic heterocycles. The maximum absolute atomic E-state index is 10.5. The summed E-state index contributed by atoms with van der Waals surface area (Å²) in [5.74, 6) is 0.420. The Morgan fingerprint density at radius 1 is 1.70 bits per heavy atom. The molecule has 5 nitrogen and oxygen atoms in total. The van der Waals surface area contributed by atoms with Gasteiger partial charge < -0.3 is 4.52 Å². The van der Waals surface area contributed by atoms with Gasteiger partial charge in [0.25, 0.3) is 10.0 Å². The van der Waals surface area contributed by atoms with Crippen LogP contribution in [0.15, 0.2) is 15.6 Å². The number of hydrogen-bond acceptors (Lipinski definition) is 4. The molecule has 1 rings (SSSR count). The average molecular weight is 162 g/mol. The third kappa shape index (κ3) is 1.34. The lowest BCUT2D eigenvalue weighted by molar-refractivity contribution is 0.381. The van der Waals surface area contributed by atoms with Crippen molar-refractivity contribution >= 4 is 10.0 Å². The SMILES string of the molecule is Cc1cc(S(N)(=O)=O)no1. The molecule has 2 N–H and O–H groups in total. The molecular weight excluding hydrogens is 156 g/mol. The topological polar surface area (TPSA) is 86.2 Å². The zero-order valence-corrected chi connectivity index (χ0v) is 6.05. The van der Waals surface area contributed by atoms with Crippen LogP contribution in [0.1, 0.15) is 5.76 Å². The van der Waals surface area contributed by atoms with Gasteiger partial charge in [-0.3, -0.25) is 0 Å². The van der Waals surface area contributed by atoms with Gasteiger partial charge >= 0.3 is 0 Å². The van der Waals surface area contributed by atoms with Gasteiger partial charge in [-0.2, -0.15) is 0 Å². The van der Waals surface area contributed by atoms with Gasteiger partial charge in [0.2, 0.25) is 5.03 Å². The molecule has 10 heavy (non-hydrogen) atoms. The molecule has 6 heteroatoms. The van der Waals surface area contributed by atoms with Crippen LogP contribution in [0.25, 0.3) is 0 Å². The summed E-state index contributed by atoms with van der Waals surface area (Å²) in [6.07, 6.45) is 0. The predicted octanol–water partition coefficient (Wildman–Crippen LogP) is -0.370. The molecule has 1 aromatic rings. The van der Waals surface area contributed by atoms with Crippen LogP contribution in [0, 0.1) is 6.92 Å². The molecule has 0 radical (unpaired) electrons. The molecule has 0 aliphatic rings. The molecule has 0 aromatic carbocycles. The lowest BCUT2D eigenvalue weighted by atomic mass is 10.5. The summed E-state index contributed by atoms with van der Waals surface area (Å²) >= 11 is 0. The number of nitrogens with zero attached hydrogens (tertiary/aromatic N) is 1. The second-order valence-electron chi connectivity index (χ2n) is 1.82. The molecule has 0 spiro atoms. The van der Waals surface area contributed by atoms with Crippen molar-refractivity contribution in [3.05, 3.63) is 11.8 Å². The Kier molecular flexibility index (Phi) is 1.49. The Morgan fingerprint density at radius 3 is 2.50 bits per heavy atom. The number of hydrogen-bond donors (Lipinski definition) is 1. The summed E-state index contributed by atoms with van der Waals surface area (Å²) in [4.78, 5) is 0. The first-order chi connectivity index (χ1) is 4.50. The van der Waals surface area contributed by atoms with Crippen LogP contribution in [-0.2, 0) is 10.0 Å². The van der Waals surface area contributed by atoms with Crippen LogP contribution in [0.2, 0.25) is 0 Å². The molecule has 0 saturated carbocycles. The average Bonchev–Trinajstić information content (AvgIpc) is 2.11. The minimum absolute atomic E-state index is 0.231. The van der Waals surface area contributed by atoms with E-state index >= 15 is 0 Å². The van der Waals surface area contributed by atoms with Gasteiger partial charge in [0.15, 0.2) is 0 Å². The maximum Gasteiger partial charge on any atom is 0.259 e. The van der Waals surface area contributed by atoms with Crippen molar-refractivity contribution in [1.29, 1.82) is 0 Å². The van der Waals surface area contributed by atoms with Gasteiger partial charge in [-0.25, -0.2) is 13.6 Å². The number of aryl methyl sites for hydroxylation is 1. The van der Waals surface area contributed by atoms with Crippen molar-refractivity contribution in [3.8, 4) is 0 Å². The molecule has 0 atom stereocenters.